The molecule has 0 amide bonds. The van der Waals surface area contributed by atoms with Gasteiger partial charge in [0.2, 0.25) is 0 Å². The Kier molecular flexibility index (Phi) is 6.77. The lowest BCUT2D eigenvalue weighted by Gasteiger charge is -2.36. The van der Waals surface area contributed by atoms with Gasteiger partial charge in [-0.15, -0.1) is 0 Å². The van der Waals surface area contributed by atoms with E-state index in [0.29, 0.717) is 24.0 Å². The van der Waals surface area contributed by atoms with E-state index in [1.807, 2.05) is 74.4 Å². The van der Waals surface area contributed by atoms with Gasteiger partial charge in [0.05, 0.1) is 19.3 Å². The van der Waals surface area contributed by atoms with Gasteiger partial charge in [-0.2, -0.15) is 0 Å². The third-order valence-electron chi connectivity index (χ3n) is 6.65. The molecule has 0 radical (unpaired) electrons. The molecular weight excluding hydrogens is 428 g/mol. The number of ether oxygens (including phenoxy) is 2. The Bertz CT molecular complexity index is 1140. The van der Waals surface area contributed by atoms with Gasteiger partial charge in [-0.25, -0.2) is 4.79 Å². The number of rotatable bonds is 6. The Labute approximate surface area is 201 Å². The van der Waals surface area contributed by atoms with E-state index in [4.69, 9.17) is 9.47 Å². The fourth-order valence-electron chi connectivity index (χ4n) is 4.93. The SMILES string of the molecule is CCOC(=O)C1=C(C)NC2=C(C(=O)C[C@@H](c3ccc(OC)cc3)C2)[C@@H]1c1ccc(N(C)C)cc1. The first-order chi connectivity index (χ1) is 16.3. The summed E-state index contributed by atoms with van der Waals surface area (Å²) in [4.78, 5) is 28.7. The van der Waals surface area contributed by atoms with Crippen molar-refractivity contribution in [3.8, 4) is 5.75 Å². The molecule has 0 saturated carbocycles. The van der Waals surface area contributed by atoms with Crippen molar-refractivity contribution in [3.05, 3.63) is 82.2 Å². The smallest absolute Gasteiger partial charge is 0.336 e. The van der Waals surface area contributed by atoms with Crippen LogP contribution in [0.1, 0.15) is 49.7 Å². The summed E-state index contributed by atoms with van der Waals surface area (Å²) in [7, 11) is 5.61. The predicted octanol–water partition coefficient (Wildman–Crippen LogP) is 4.69. The third-order valence-corrected chi connectivity index (χ3v) is 6.65. The van der Waals surface area contributed by atoms with Gasteiger partial charge in [0, 0.05) is 49.1 Å². The molecule has 34 heavy (non-hydrogen) atoms. The minimum absolute atomic E-state index is 0.0607. The highest BCUT2D eigenvalue weighted by Gasteiger charge is 2.41. The van der Waals surface area contributed by atoms with Crippen LogP contribution in [0.3, 0.4) is 0 Å². The minimum Gasteiger partial charge on any atom is -0.497 e. The number of hydrogen-bond acceptors (Lipinski definition) is 6. The maximum atomic E-state index is 13.6. The van der Waals surface area contributed by atoms with Crippen LogP contribution >= 0.6 is 0 Å². The van der Waals surface area contributed by atoms with Crippen molar-refractivity contribution in [1.29, 1.82) is 0 Å². The van der Waals surface area contributed by atoms with Crippen molar-refractivity contribution in [2.75, 3.05) is 32.7 Å². The first-order valence-electron chi connectivity index (χ1n) is 11.7. The number of esters is 1. The zero-order chi connectivity index (χ0) is 24.4. The van der Waals surface area contributed by atoms with E-state index >= 15 is 0 Å². The Hall–Kier alpha value is -3.54. The van der Waals surface area contributed by atoms with Crippen LogP contribution in [0.2, 0.25) is 0 Å². The maximum absolute atomic E-state index is 13.6. The second-order valence-corrected chi connectivity index (χ2v) is 9.00. The summed E-state index contributed by atoms with van der Waals surface area (Å²) in [5.41, 5.74) is 5.89. The van der Waals surface area contributed by atoms with Gasteiger partial charge >= 0.3 is 5.97 Å². The Morgan fingerprint density at radius 2 is 1.68 bits per heavy atom. The molecule has 0 saturated heterocycles. The summed E-state index contributed by atoms with van der Waals surface area (Å²) in [6.45, 7) is 3.96. The van der Waals surface area contributed by atoms with Crippen molar-refractivity contribution < 1.29 is 19.1 Å². The zero-order valence-corrected chi connectivity index (χ0v) is 20.5. The van der Waals surface area contributed by atoms with E-state index < -0.39 is 5.92 Å². The normalized spacial score (nSPS) is 20.0. The van der Waals surface area contributed by atoms with Crippen LogP contribution in [-0.4, -0.2) is 39.6 Å². The molecule has 6 nitrogen and oxygen atoms in total. The first-order valence-corrected chi connectivity index (χ1v) is 11.7. The topological polar surface area (TPSA) is 67.9 Å². The van der Waals surface area contributed by atoms with Crippen LogP contribution in [0.25, 0.3) is 0 Å². The van der Waals surface area contributed by atoms with Gasteiger partial charge in [-0.3, -0.25) is 4.79 Å². The van der Waals surface area contributed by atoms with Gasteiger partial charge in [0.15, 0.2) is 5.78 Å². The molecular formula is C28H32N2O4. The molecule has 4 rings (SSSR count). The number of dihydropyridines is 1. The second kappa shape index (κ2) is 9.75. The lowest BCUT2D eigenvalue weighted by molar-refractivity contribution is -0.138. The fourth-order valence-corrected chi connectivity index (χ4v) is 4.93. The number of nitrogens with one attached hydrogen (secondary N) is 1. The van der Waals surface area contributed by atoms with Crippen LogP contribution in [0.4, 0.5) is 5.69 Å². The summed E-state index contributed by atoms with van der Waals surface area (Å²) in [6, 6.07) is 15.9. The quantitative estimate of drug-likeness (QED) is 0.631. The van der Waals surface area contributed by atoms with Gasteiger partial charge < -0.3 is 19.7 Å². The van der Waals surface area contributed by atoms with Gasteiger partial charge in [0.25, 0.3) is 0 Å². The molecule has 1 N–H and O–H groups in total. The number of benzene rings is 2. The average molecular weight is 461 g/mol. The van der Waals surface area contributed by atoms with E-state index in [1.54, 1.807) is 14.0 Å². The highest BCUT2D eigenvalue weighted by atomic mass is 16.5. The molecule has 0 bridgehead atoms. The van der Waals surface area contributed by atoms with E-state index in [-0.39, 0.29) is 24.3 Å². The molecule has 1 heterocycles. The number of allylic oxidation sites excluding steroid dienone is 3. The highest BCUT2D eigenvalue weighted by Crippen LogP contribution is 2.46. The van der Waals surface area contributed by atoms with Crippen LogP contribution in [-0.2, 0) is 14.3 Å². The third kappa shape index (κ3) is 4.45. The number of anilines is 1. The van der Waals surface area contributed by atoms with Gasteiger partial charge in [-0.05, 0) is 61.6 Å². The van der Waals surface area contributed by atoms with E-state index in [2.05, 4.69) is 5.32 Å². The van der Waals surface area contributed by atoms with Crippen molar-refractivity contribution >= 4 is 17.4 Å². The lowest BCUT2D eigenvalue weighted by atomic mass is 9.71. The molecule has 2 aliphatic rings. The van der Waals surface area contributed by atoms with Crippen LogP contribution in [0.5, 0.6) is 5.75 Å². The first kappa shape index (κ1) is 23.6. The number of carbonyl (C=O) groups excluding carboxylic acids is 2. The number of methoxy groups -OCH3 is 1. The molecule has 0 aromatic heterocycles. The molecule has 2 atom stereocenters. The average Bonchev–Trinajstić information content (AvgIpc) is 2.83. The number of Topliss-reactive ketones (excluding diaryl/α,β-unsaturated/α-hetero) is 1. The zero-order valence-electron chi connectivity index (χ0n) is 20.5. The Balaban J connectivity index is 1.76. The molecule has 6 heteroatoms. The van der Waals surface area contributed by atoms with Crippen molar-refractivity contribution in [1.82, 2.24) is 5.32 Å². The summed E-state index contributed by atoms with van der Waals surface area (Å²) in [6.07, 6.45) is 1.10. The van der Waals surface area contributed by atoms with Gasteiger partial charge in [-0.1, -0.05) is 24.3 Å². The fraction of sp³-hybridized carbons (Fsp3) is 0.357. The van der Waals surface area contributed by atoms with E-state index in [0.717, 1.165) is 34.0 Å². The molecule has 178 valence electrons. The molecule has 2 aromatic carbocycles. The number of ketones is 1. The number of carbonyl (C=O) groups is 2. The Morgan fingerprint density at radius 1 is 1.03 bits per heavy atom. The largest absolute Gasteiger partial charge is 0.497 e. The molecule has 0 unspecified atom stereocenters. The highest BCUT2D eigenvalue weighted by molar-refractivity contribution is 6.04. The van der Waals surface area contributed by atoms with Crippen LogP contribution in [0.15, 0.2) is 71.1 Å². The summed E-state index contributed by atoms with van der Waals surface area (Å²) in [5.74, 6) is 0.0891. The number of hydrogen-bond donors (Lipinski definition) is 1. The molecule has 2 aromatic rings. The maximum Gasteiger partial charge on any atom is 0.336 e. The van der Waals surface area contributed by atoms with Crippen molar-refractivity contribution in [3.63, 3.8) is 0 Å². The lowest BCUT2D eigenvalue weighted by Crippen LogP contribution is -2.36. The number of nitrogens with zero attached hydrogens (tertiary/aromatic N) is 1. The van der Waals surface area contributed by atoms with Gasteiger partial charge in [0.1, 0.15) is 5.75 Å². The van der Waals surface area contributed by atoms with Crippen LogP contribution in [0, 0.1) is 0 Å². The summed E-state index contributed by atoms with van der Waals surface area (Å²) < 4.78 is 10.7. The molecule has 0 fully saturated rings. The summed E-state index contributed by atoms with van der Waals surface area (Å²) >= 11 is 0. The molecule has 1 aliphatic carbocycles. The van der Waals surface area contributed by atoms with E-state index in [1.165, 1.54) is 0 Å². The predicted molar refractivity (Wildman–Crippen MR) is 133 cm³/mol. The second-order valence-electron chi connectivity index (χ2n) is 9.00. The minimum atomic E-state index is -0.448. The van der Waals surface area contributed by atoms with Crippen molar-refractivity contribution in [2.45, 2.75) is 38.5 Å². The Morgan fingerprint density at radius 3 is 2.26 bits per heavy atom. The summed E-state index contributed by atoms with van der Waals surface area (Å²) in [5, 5.41) is 3.39. The van der Waals surface area contributed by atoms with Crippen LogP contribution < -0.4 is 15.0 Å². The molecule has 0 spiro atoms. The monoisotopic (exact) mass is 460 g/mol. The molecule has 1 aliphatic heterocycles. The standard InChI is InChI=1S/C28H32N2O4/c1-6-34-28(32)25-17(2)29-23-15-20(18-9-13-22(33-5)14-10-18)16-24(31)27(23)26(25)19-7-11-21(12-8-19)30(3)4/h7-14,20,26,29H,6,15-16H2,1-5H3/t20-,26+/m0/s1. The van der Waals surface area contributed by atoms with E-state index in [9.17, 15) is 9.59 Å². The van der Waals surface area contributed by atoms with Crippen molar-refractivity contribution in [2.24, 2.45) is 0 Å².